The summed E-state index contributed by atoms with van der Waals surface area (Å²) in [7, 11) is 0. The van der Waals surface area contributed by atoms with E-state index < -0.39 is 6.10 Å². The van der Waals surface area contributed by atoms with Crippen LogP contribution < -0.4 is 0 Å². The Bertz CT molecular complexity index is 477. The van der Waals surface area contributed by atoms with Gasteiger partial charge in [-0.05, 0) is 12.5 Å². The van der Waals surface area contributed by atoms with Crippen LogP contribution in [0.4, 0.5) is 0 Å². The standard InChI is InChI=1S/C13H15N3O/c1-2-12(17)10-13(16-14-8-9-15-16)11-6-4-3-5-7-11/h3-10,12,17H,2H2,1H3. The van der Waals surface area contributed by atoms with Crippen molar-refractivity contribution in [2.24, 2.45) is 0 Å². The minimum absolute atomic E-state index is 0.490. The van der Waals surface area contributed by atoms with Crippen molar-refractivity contribution in [3.63, 3.8) is 0 Å². The zero-order valence-electron chi connectivity index (χ0n) is 9.69. The van der Waals surface area contributed by atoms with Crippen LogP contribution in [0.25, 0.3) is 5.70 Å². The lowest BCUT2D eigenvalue weighted by atomic mass is 10.1. The molecular formula is C13H15N3O. The van der Waals surface area contributed by atoms with Crippen LogP contribution in [0.5, 0.6) is 0 Å². The normalized spacial score (nSPS) is 13.6. The molecule has 0 aliphatic carbocycles. The van der Waals surface area contributed by atoms with Gasteiger partial charge in [0.15, 0.2) is 0 Å². The Morgan fingerprint density at radius 1 is 1.29 bits per heavy atom. The van der Waals surface area contributed by atoms with Crippen LogP contribution in [-0.2, 0) is 0 Å². The molecule has 0 aliphatic heterocycles. The first kappa shape index (κ1) is 11.5. The van der Waals surface area contributed by atoms with E-state index in [4.69, 9.17) is 0 Å². The number of hydrogen-bond acceptors (Lipinski definition) is 3. The van der Waals surface area contributed by atoms with Gasteiger partial charge in [-0.15, -0.1) is 0 Å². The highest BCUT2D eigenvalue weighted by Gasteiger charge is 2.07. The molecule has 1 unspecified atom stereocenters. The molecular weight excluding hydrogens is 214 g/mol. The molecule has 2 rings (SSSR count). The molecule has 0 fully saturated rings. The molecule has 1 heterocycles. The van der Waals surface area contributed by atoms with Gasteiger partial charge in [-0.2, -0.15) is 15.0 Å². The number of aliphatic hydroxyl groups is 1. The van der Waals surface area contributed by atoms with Crippen LogP contribution in [-0.4, -0.2) is 26.2 Å². The quantitative estimate of drug-likeness (QED) is 0.871. The summed E-state index contributed by atoms with van der Waals surface area (Å²) < 4.78 is 0. The third-order valence-electron chi connectivity index (χ3n) is 2.47. The predicted molar refractivity (Wildman–Crippen MR) is 66.1 cm³/mol. The second kappa shape index (κ2) is 5.41. The van der Waals surface area contributed by atoms with Crippen molar-refractivity contribution >= 4 is 5.70 Å². The summed E-state index contributed by atoms with van der Waals surface area (Å²) in [5.74, 6) is 0. The fourth-order valence-electron chi connectivity index (χ4n) is 1.53. The van der Waals surface area contributed by atoms with Gasteiger partial charge < -0.3 is 5.11 Å². The summed E-state index contributed by atoms with van der Waals surface area (Å²) in [4.78, 5) is 1.52. The monoisotopic (exact) mass is 229 g/mol. The van der Waals surface area contributed by atoms with Crippen molar-refractivity contribution < 1.29 is 5.11 Å². The molecule has 0 spiro atoms. The highest BCUT2D eigenvalue weighted by atomic mass is 16.3. The molecule has 1 aromatic heterocycles. The molecule has 1 aromatic carbocycles. The van der Waals surface area contributed by atoms with Gasteiger partial charge in [0.25, 0.3) is 0 Å². The van der Waals surface area contributed by atoms with Gasteiger partial charge in [-0.3, -0.25) is 0 Å². The maximum Gasteiger partial charge on any atom is 0.0914 e. The van der Waals surface area contributed by atoms with Crippen LogP contribution in [0.2, 0.25) is 0 Å². The largest absolute Gasteiger partial charge is 0.389 e. The molecule has 0 bridgehead atoms. The fraction of sp³-hybridized carbons (Fsp3) is 0.231. The second-order valence-electron chi connectivity index (χ2n) is 3.71. The van der Waals surface area contributed by atoms with Crippen LogP contribution in [0.15, 0.2) is 48.8 Å². The van der Waals surface area contributed by atoms with Crippen molar-refractivity contribution in [1.29, 1.82) is 0 Å². The molecule has 0 radical (unpaired) electrons. The van der Waals surface area contributed by atoms with Gasteiger partial charge in [-0.1, -0.05) is 37.3 Å². The van der Waals surface area contributed by atoms with Gasteiger partial charge >= 0.3 is 0 Å². The summed E-state index contributed by atoms with van der Waals surface area (Å²) in [5, 5.41) is 18.0. The van der Waals surface area contributed by atoms with Crippen molar-refractivity contribution in [2.45, 2.75) is 19.4 Å². The number of aliphatic hydroxyl groups excluding tert-OH is 1. The van der Waals surface area contributed by atoms with Crippen molar-refractivity contribution in [1.82, 2.24) is 15.0 Å². The van der Waals surface area contributed by atoms with E-state index in [-0.39, 0.29) is 0 Å². The molecule has 88 valence electrons. The maximum absolute atomic E-state index is 9.74. The van der Waals surface area contributed by atoms with Crippen molar-refractivity contribution in [3.8, 4) is 0 Å². The molecule has 0 amide bonds. The van der Waals surface area contributed by atoms with Gasteiger partial charge in [0.1, 0.15) is 0 Å². The van der Waals surface area contributed by atoms with E-state index >= 15 is 0 Å². The predicted octanol–water partition coefficient (Wildman–Crippen LogP) is 1.94. The Kier molecular flexibility index (Phi) is 3.67. The van der Waals surface area contributed by atoms with E-state index in [1.807, 2.05) is 37.3 Å². The Balaban J connectivity index is 2.42. The first-order valence-electron chi connectivity index (χ1n) is 5.63. The summed E-state index contributed by atoms with van der Waals surface area (Å²) in [5.41, 5.74) is 1.78. The Hall–Kier alpha value is -1.94. The van der Waals surface area contributed by atoms with Gasteiger partial charge in [0, 0.05) is 5.56 Å². The van der Waals surface area contributed by atoms with Crippen molar-refractivity contribution in [3.05, 3.63) is 54.4 Å². The molecule has 0 aliphatic rings. The second-order valence-corrected chi connectivity index (χ2v) is 3.71. The third kappa shape index (κ3) is 2.79. The van der Waals surface area contributed by atoms with Crippen LogP contribution in [0.3, 0.4) is 0 Å². The molecule has 2 aromatic rings. The SMILES string of the molecule is CCC(O)C=C(c1ccccc1)n1nccn1. The average Bonchev–Trinajstić information content (AvgIpc) is 2.90. The Morgan fingerprint density at radius 3 is 2.53 bits per heavy atom. The van der Waals surface area contributed by atoms with Gasteiger partial charge in [0.2, 0.25) is 0 Å². The smallest absolute Gasteiger partial charge is 0.0914 e. The van der Waals surface area contributed by atoms with Crippen molar-refractivity contribution in [2.75, 3.05) is 0 Å². The number of aromatic nitrogens is 3. The van der Waals surface area contributed by atoms with E-state index in [0.29, 0.717) is 6.42 Å². The van der Waals surface area contributed by atoms with E-state index in [2.05, 4.69) is 10.2 Å². The third-order valence-corrected chi connectivity index (χ3v) is 2.47. The lowest BCUT2D eigenvalue weighted by Gasteiger charge is -2.09. The van der Waals surface area contributed by atoms with E-state index in [1.54, 1.807) is 18.5 Å². The number of hydrogen-bond donors (Lipinski definition) is 1. The molecule has 4 nitrogen and oxygen atoms in total. The maximum atomic E-state index is 9.74. The Morgan fingerprint density at radius 2 is 1.94 bits per heavy atom. The summed E-state index contributed by atoms with van der Waals surface area (Å²) in [6.07, 6.45) is 5.19. The lowest BCUT2D eigenvalue weighted by Crippen LogP contribution is -2.08. The summed E-state index contributed by atoms with van der Waals surface area (Å²) in [6, 6.07) is 9.79. The van der Waals surface area contributed by atoms with Crippen LogP contribution in [0, 0.1) is 0 Å². The minimum Gasteiger partial charge on any atom is -0.389 e. The number of benzene rings is 1. The average molecular weight is 229 g/mol. The van der Waals surface area contributed by atoms with Crippen LogP contribution >= 0.6 is 0 Å². The van der Waals surface area contributed by atoms with E-state index in [9.17, 15) is 5.11 Å². The topological polar surface area (TPSA) is 50.9 Å². The summed E-state index contributed by atoms with van der Waals surface area (Å²) in [6.45, 7) is 1.93. The highest BCUT2D eigenvalue weighted by Crippen LogP contribution is 2.15. The van der Waals surface area contributed by atoms with Gasteiger partial charge in [-0.25, -0.2) is 0 Å². The number of nitrogens with zero attached hydrogens (tertiary/aromatic N) is 3. The van der Waals surface area contributed by atoms with E-state index in [0.717, 1.165) is 11.3 Å². The molecule has 1 N–H and O–H groups in total. The first-order valence-corrected chi connectivity index (χ1v) is 5.63. The van der Waals surface area contributed by atoms with E-state index in [1.165, 1.54) is 4.80 Å². The zero-order valence-corrected chi connectivity index (χ0v) is 9.69. The highest BCUT2D eigenvalue weighted by molar-refractivity contribution is 5.64. The first-order chi connectivity index (χ1) is 8.31. The fourth-order valence-corrected chi connectivity index (χ4v) is 1.53. The minimum atomic E-state index is -0.490. The molecule has 4 heteroatoms. The molecule has 0 saturated carbocycles. The van der Waals surface area contributed by atoms with Crippen LogP contribution in [0.1, 0.15) is 18.9 Å². The lowest BCUT2D eigenvalue weighted by molar-refractivity contribution is 0.219. The van der Waals surface area contributed by atoms with Gasteiger partial charge in [0.05, 0.1) is 24.2 Å². The molecule has 0 saturated heterocycles. The Labute approximate surface area is 100 Å². The molecule has 1 atom stereocenters. The summed E-state index contributed by atoms with van der Waals surface area (Å²) >= 11 is 0. The zero-order chi connectivity index (χ0) is 12.1. The number of rotatable bonds is 4. The molecule has 17 heavy (non-hydrogen) atoms.